The van der Waals surface area contributed by atoms with Gasteiger partial charge in [-0.25, -0.2) is 0 Å². The summed E-state index contributed by atoms with van der Waals surface area (Å²) in [6.45, 7) is 4.01. The first-order valence-electron chi connectivity index (χ1n) is 8.48. The van der Waals surface area contributed by atoms with Gasteiger partial charge in [-0.3, -0.25) is 9.59 Å². The van der Waals surface area contributed by atoms with Gasteiger partial charge < -0.3 is 10.6 Å². The highest BCUT2D eigenvalue weighted by molar-refractivity contribution is 6.30. The van der Waals surface area contributed by atoms with Crippen LogP contribution in [0.25, 0.3) is 0 Å². The van der Waals surface area contributed by atoms with E-state index in [-0.39, 0.29) is 11.8 Å². The Balaban J connectivity index is 1.80. The number of aryl methyl sites for hydroxylation is 2. The van der Waals surface area contributed by atoms with Gasteiger partial charge in [0.2, 0.25) is 0 Å². The molecule has 0 fully saturated rings. The van der Waals surface area contributed by atoms with E-state index in [1.54, 1.807) is 48.5 Å². The zero-order valence-electron chi connectivity index (χ0n) is 15.0. The fraction of sp³-hybridized carbons (Fsp3) is 0.0909. The number of benzene rings is 3. The molecule has 0 aromatic heterocycles. The molecule has 0 spiro atoms. The SMILES string of the molecule is Cc1ccc(NC(=O)c2ccccc2NC(=O)c2ccc(Cl)cc2)cc1C. The molecule has 5 heteroatoms. The van der Waals surface area contributed by atoms with Crippen LogP contribution < -0.4 is 10.6 Å². The molecule has 3 rings (SSSR count). The molecule has 0 aliphatic rings. The number of amides is 2. The van der Waals surface area contributed by atoms with Crippen molar-refractivity contribution in [1.82, 2.24) is 0 Å². The number of carbonyl (C=O) groups is 2. The van der Waals surface area contributed by atoms with Crippen LogP contribution >= 0.6 is 11.6 Å². The molecule has 0 atom stereocenters. The van der Waals surface area contributed by atoms with Crippen molar-refractivity contribution in [3.63, 3.8) is 0 Å². The van der Waals surface area contributed by atoms with Gasteiger partial charge >= 0.3 is 0 Å². The first kappa shape index (κ1) is 18.7. The van der Waals surface area contributed by atoms with Crippen LogP contribution in [-0.4, -0.2) is 11.8 Å². The zero-order chi connectivity index (χ0) is 19.4. The van der Waals surface area contributed by atoms with E-state index in [9.17, 15) is 9.59 Å². The highest BCUT2D eigenvalue weighted by atomic mass is 35.5. The van der Waals surface area contributed by atoms with Crippen molar-refractivity contribution < 1.29 is 9.59 Å². The van der Waals surface area contributed by atoms with Gasteiger partial charge in [-0.15, -0.1) is 0 Å². The van der Waals surface area contributed by atoms with E-state index in [1.165, 1.54) is 0 Å². The second-order valence-corrected chi connectivity index (χ2v) is 6.70. The van der Waals surface area contributed by atoms with Crippen molar-refractivity contribution >= 4 is 34.8 Å². The van der Waals surface area contributed by atoms with E-state index < -0.39 is 0 Å². The van der Waals surface area contributed by atoms with E-state index in [1.807, 2.05) is 32.0 Å². The summed E-state index contributed by atoms with van der Waals surface area (Å²) in [5.41, 5.74) is 4.25. The van der Waals surface area contributed by atoms with Gasteiger partial charge in [0, 0.05) is 16.3 Å². The Morgan fingerprint density at radius 3 is 2.19 bits per heavy atom. The van der Waals surface area contributed by atoms with Gasteiger partial charge in [0.1, 0.15) is 0 Å². The lowest BCUT2D eigenvalue weighted by atomic mass is 10.1. The average Bonchev–Trinajstić information content (AvgIpc) is 2.65. The quantitative estimate of drug-likeness (QED) is 0.633. The molecule has 0 bridgehead atoms. The fourth-order valence-corrected chi connectivity index (χ4v) is 2.73. The third-order valence-electron chi connectivity index (χ3n) is 4.29. The van der Waals surface area contributed by atoms with Crippen molar-refractivity contribution in [3.8, 4) is 0 Å². The molecule has 2 amide bonds. The van der Waals surface area contributed by atoms with Crippen molar-refractivity contribution in [1.29, 1.82) is 0 Å². The topological polar surface area (TPSA) is 58.2 Å². The van der Waals surface area contributed by atoms with Gasteiger partial charge in [-0.05, 0) is 73.5 Å². The average molecular weight is 379 g/mol. The van der Waals surface area contributed by atoms with Gasteiger partial charge in [0.25, 0.3) is 11.8 Å². The number of nitrogens with one attached hydrogen (secondary N) is 2. The summed E-state index contributed by atoms with van der Waals surface area (Å²) in [5.74, 6) is -0.594. The normalized spacial score (nSPS) is 10.3. The lowest BCUT2D eigenvalue weighted by Gasteiger charge is -2.12. The Hall–Kier alpha value is -3.11. The Morgan fingerprint density at radius 1 is 0.778 bits per heavy atom. The number of halogens is 1. The standard InChI is InChI=1S/C22H19ClN2O2/c1-14-7-12-18(13-15(14)2)24-22(27)19-5-3-4-6-20(19)25-21(26)16-8-10-17(23)11-9-16/h3-13H,1-2H3,(H,24,27)(H,25,26). The second-order valence-electron chi connectivity index (χ2n) is 6.26. The van der Waals surface area contributed by atoms with E-state index in [0.717, 1.165) is 11.1 Å². The molecular weight excluding hydrogens is 360 g/mol. The van der Waals surface area contributed by atoms with Gasteiger partial charge in [0.15, 0.2) is 0 Å². The van der Waals surface area contributed by atoms with Crippen molar-refractivity contribution in [2.75, 3.05) is 10.6 Å². The monoisotopic (exact) mass is 378 g/mol. The van der Waals surface area contributed by atoms with Crippen molar-refractivity contribution in [3.05, 3.63) is 94.0 Å². The maximum absolute atomic E-state index is 12.7. The molecule has 0 unspecified atom stereocenters. The van der Waals surface area contributed by atoms with Crippen LogP contribution in [0.4, 0.5) is 11.4 Å². The molecular formula is C22H19ClN2O2. The van der Waals surface area contributed by atoms with Crippen LogP contribution in [0.3, 0.4) is 0 Å². The van der Waals surface area contributed by atoms with Crippen LogP contribution in [-0.2, 0) is 0 Å². The van der Waals surface area contributed by atoms with Gasteiger partial charge in [-0.1, -0.05) is 29.8 Å². The Morgan fingerprint density at radius 2 is 1.48 bits per heavy atom. The molecule has 0 saturated heterocycles. The molecule has 0 heterocycles. The molecule has 0 aliphatic heterocycles. The predicted octanol–water partition coefficient (Wildman–Crippen LogP) is 5.46. The van der Waals surface area contributed by atoms with Crippen LogP contribution in [0, 0.1) is 13.8 Å². The highest BCUT2D eigenvalue weighted by Gasteiger charge is 2.14. The zero-order valence-corrected chi connectivity index (χ0v) is 15.8. The Labute approximate surface area is 163 Å². The first-order valence-corrected chi connectivity index (χ1v) is 8.86. The summed E-state index contributed by atoms with van der Waals surface area (Å²) >= 11 is 5.86. The van der Waals surface area contributed by atoms with Crippen molar-refractivity contribution in [2.24, 2.45) is 0 Å². The molecule has 4 nitrogen and oxygen atoms in total. The molecule has 0 radical (unpaired) electrons. The van der Waals surface area contributed by atoms with E-state index in [4.69, 9.17) is 11.6 Å². The van der Waals surface area contributed by atoms with E-state index in [0.29, 0.717) is 27.5 Å². The highest BCUT2D eigenvalue weighted by Crippen LogP contribution is 2.20. The summed E-state index contributed by atoms with van der Waals surface area (Å²) in [5, 5.41) is 6.23. The fourth-order valence-electron chi connectivity index (χ4n) is 2.60. The summed E-state index contributed by atoms with van der Waals surface area (Å²) in [4.78, 5) is 25.2. The van der Waals surface area contributed by atoms with Crippen molar-refractivity contribution in [2.45, 2.75) is 13.8 Å². The summed E-state index contributed by atoms with van der Waals surface area (Å²) < 4.78 is 0. The predicted molar refractivity (Wildman–Crippen MR) is 110 cm³/mol. The minimum absolute atomic E-state index is 0.287. The minimum atomic E-state index is -0.307. The number of rotatable bonds is 4. The maximum Gasteiger partial charge on any atom is 0.257 e. The van der Waals surface area contributed by atoms with Gasteiger partial charge in [-0.2, -0.15) is 0 Å². The number of hydrogen-bond donors (Lipinski definition) is 2. The largest absolute Gasteiger partial charge is 0.322 e. The molecule has 3 aromatic carbocycles. The minimum Gasteiger partial charge on any atom is -0.322 e. The summed E-state index contributed by atoms with van der Waals surface area (Å²) in [7, 11) is 0. The molecule has 2 N–H and O–H groups in total. The third-order valence-corrected chi connectivity index (χ3v) is 4.54. The lowest BCUT2D eigenvalue weighted by molar-refractivity contribution is 0.102. The first-order chi connectivity index (χ1) is 12.9. The molecule has 0 saturated carbocycles. The summed E-state index contributed by atoms with van der Waals surface area (Å²) in [6, 6.07) is 19.2. The number of carbonyl (C=O) groups excluding carboxylic acids is 2. The van der Waals surface area contributed by atoms with Crippen LogP contribution in [0.5, 0.6) is 0 Å². The molecule has 3 aromatic rings. The molecule has 27 heavy (non-hydrogen) atoms. The summed E-state index contributed by atoms with van der Waals surface area (Å²) in [6.07, 6.45) is 0. The molecule has 0 aliphatic carbocycles. The number of para-hydroxylation sites is 1. The van der Waals surface area contributed by atoms with Crippen LogP contribution in [0.2, 0.25) is 5.02 Å². The third kappa shape index (κ3) is 4.54. The number of hydrogen-bond acceptors (Lipinski definition) is 2. The Bertz CT molecular complexity index is 997. The van der Waals surface area contributed by atoms with E-state index >= 15 is 0 Å². The van der Waals surface area contributed by atoms with Crippen LogP contribution in [0.15, 0.2) is 66.7 Å². The van der Waals surface area contributed by atoms with Gasteiger partial charge in [0.05, 0.1) is 11.3 Å². The molecule has 136 valence electrons. The number of anilines is 2. The maximum atomic E-state index is 12.7. The smallest absolute Gasteiger partial charge is 0.257 e. The second kappa shape index (κ2) is 8.06. The van der Waals surface area contributed by atoms with Crippen LogP contribution in [0.1, 0.15) is 31.8 Å². The Kier molecular flexibility index (Phi) is 5.57. The van der Waals surface area contributed by atoms with E-state index in [2.05, 4.69) is 10.6 Å². The lowest BCUT2D eigenvalue weighted by Crippen LogP contribution is -2.18.